The summed E-state index contributed by atoms with van der Waals surface area (Å²) in [6.45, 7) is 0.475. The third-order valence-electron chi connectivity index (χ3n) is 3.08. The zero-order valence-electron chi connectivity index (χ0n) is 11.8. The first kappa shape index (κ1) is 15.8. The average Bonchev–Trinajstić information content (AvgIpc) is 2.78. The summed E-state index contributed by atoms with van der Waals surface area (Å²) in [5.74, 6) is -0.0944. The quantitative estimate of drug-likeness (QED) is 0.775. The standard InChI is InChI=1S/C15H15BrClN3O/c1-19(10-14-12(16)9-18-20(14)2)15(21)8-7-11-5-3-4-6-13(11)17/h3-9H,10H2,1-2H3/b8-7+. The Morgan fingerprint density at radius 2 is 2.19 bits per heavy atom. The number of likely N-dealkylation sites (N-methyl/N-ethyl adjacent to an activating group) is 1. The molecule has 0 atom stereocenters. The number of amides is 1. The number of carbonyl (C=O) groups is 1. The predicted molar refractivity (Wildman–Crippen MR) is 87.9 cm³/mol. The normalized spacial score (nSPS) is 11.0. The lowest BCUT2D eigenvalue weighted by molar-refractivity contribution is -0.125. The van der Waals surface area contributed by atoms with E-state index >= 15 is 0 Å². The van der Waals surface area contributed by atoms with Gasteiger partial charge in [0.15, 0.2) is 0 Å². The van der Waals surface area contributed by atoms with Gasteiger partial charge in [0.25, 0.3) is 0 Å². The van der Waals surface area contributed by atoms with E-state index in [4.69, 9.17) is 11.6 Å². The van der Waals surface area contributed by atoms with Gasteiger partial charge in [-0.3, -0.25) is 9.48 Å². The van der Waals surface area contributed by atoms with Crippen molar-refractivity contribution < 1.29 is 4.79 Å². The molecule has 0 saturated carbocycles. The van der Waals surface area contributed by atoms with Crippen LogP contribution in [0.1, 0.15) is 11.3 Å². The number of benzene rings is 1. The van der Waals surface area contributed by atoms with E-state index in [0.29, 0.717) is 11.6 Å². The fourth-order valence-corrected chi connectivity index (χ4v) is 2.49. The van der Waals surface area contributed by atoms with Gasteiger partial charge in [-0.1, -0.05) is 29.8 Å². The minimum absolute atomic E-state index is 0.0944. The summed E-state index contributed by atoms with van der Waals surface area (Å²) in [6, 6.07) is 7.39. The van der Waals surface area contributed by atoms with E-state index in [1.165, 1.54) is 6.08 Å². The Morgan fingerprint density at radius 1 is 1.48 bits per heavy atom. The molecule has 0 fully saturated rings. The number of halogens is 2. The molecule has 0 radical (unpaired) electrons. The van der Waals surface area contributed by atoms with Crippen LogP contribution in [0.15, 0.2) is 41.0 Å². The molecule has 6 heteroatoms. The maximum Gasteiger partial charge on any atom is 0.246 e. The van der Waals surface area contributed by atoms with Gasteiger partial charge < -0.3 is 4.90 Å². The fourth-order valence-electron chi connectivity index (χ4n) is 1.82. The topological polar surface area (TPSA) is 38.1 Å². The lowest BCUT2D eigenvalue weighted by atomic mass is 10.2. The molecule has 1 aromatic carbocycles. The summed E-state index contributed by atoms with van der Waals surface area (Å²) in [7, 11) is 3.59. The molecule has 1 amide bonds. The predicted octanol–water partition coefficient (Wildman–Crippen LogP) is 3.51. The molecule has 0 aliphatic heterocycles. The van der Waals surface area contributed by atoms with Crippen molar-refractivity contribution in [3.8, 4) is 0 Å². The summed E-state index contributed by atoms with van der Waals surface area (Å²) in [6.07, 6.45) is 4.96. The van der Waals surface area contributed by atoms with Crippen molar-refractivity contribution >= 4 is 39.5 Å². The lowest BCUT2D eigenvalue weighted by Crippen LogP contribution is -2.25. The highest BCUT2D eigenvalue weighted by molar-refractivity contribution is 9.10. The van der Waals surface area contributed by atoms with Crippen LogP contribution in [-0.2, 0) is 18.4 Å². The van der Waals surface area contributed by atoms with Crippen LogP contribution in [-0.4, -0.2) is 27.6 Å². The molecule has 0 saturated heterocycles. The Balaban J connectivity index is 2.05. The van der Waals surface area contributed by atoms with Crippen LogP contribution in [0.2, 0.25) is 5.02 Å². The van der Waals surface area contributed by atoms with Crippen LogP contribution in [0.4, 0.5) is 0 Å². The first-order valence-corrected chi connectivity index (χ1v) is 7.50. The fraction of sp³-hybridized carbons (Fsp3) is 0.200. The van der Waals surface area contributed by atoms with Crippen LogP contribution in [0.5, 0.6) is 0 Å². The lowest BCUT2D eigenvalue weighted by Gasteiger charge is -2.15. The average molecular weight is 369 g/mol. The van der Waals surface area contributed by atoms with Crippen LogP contribution < -0.4 is 0 Å². The Kier molecular flexibility index (Phi) is 5.20. The summed E-state index contributed by atoms with van der Waals surface area (Å²) < 4.78 is 2.63. The summed E-state index contributed by atoms with van der Waals surface area (Å²) in [4.78, 5) is 13.7. The van der Waals surface area contributed by atoms with Gasteiger partial charge in [0, 0.05) is 25.2 Å². The molecule has 0 bridgehead atoms. The van der Waals surface area contributed by atoms with Gasteiger partial charge in [0.05, 0.1) is 22.9 Å². The van der Waals surface area contributed by atoms with Crippen LogP contribution in [0, 0.1) is 0 Å². The Bertz CT molecular complexity index is 662. The number of carbonyl (C=O) groups excluding carboxylic acids is 1. The molecule has 0 spiro atoms. The van der Waals surface area contributed by atoms with Gasteiger partial charge in [0.2, 0.25) is 5.91 Å². The highest BCUT2D eigenvalue weighted by Crippen LogP contribution is 2.18. The molecule has 2 rings (SSSR count). The number of hydrogen-bond donors (Lipinski definition) is 0. The largest absolute Gasteiger partial charge is 0.336 e. The van der Waals surface area contributed by atoms with E-state index in [0.717, 1.165) is 15.7 Å². The van der Waals surface area contributed by atoms with Gasteiger partial charge in [-0.25, -0.2) is 0 Å². The molecule has 0 aliphatic rings. The van der Waals surface area contributed by atoms with Crippen LogP contribution in [0.3, 0.4) is 0 Å². The molecular weight excluding hydrogens is 354 g/mol. The maximum atomic E-state index is 12.1. The molecule has 0 unspecified atom stereocenters. The third-order valence-corrected chi connectivity index (χ3v) is 4.09. The summed E-state index contributed by atoms with van der Waals surface area (Å²) in [5.41, 5.74) is 1.76. The number of nitrogens with zero attached hydrogens (tertiary/aromatic N) is 3. The van der Waals surface area contributed by atoms with E-state index in [1.807, 2.05) is 25.2 Å². The van der Waals surface area contributed by atoms with Crippen molar-refractivity contribution in [2.24, 2.45) is 7.05 Å². The van der Waals surface area contributed by atoms with Crippen molar-refractivity contribution in [1.82, 2.24) is 14.7 Å². The van der Waals surface area contributed by atoms with Gasteiger partial charge in [-0.15, -0.1) is 0 Å². The molecular formula is C15H15BrClN3O. The second kappa shape index (κ2) is 6.91. The third kappa shape index (κ3) is 3.95. The monoisotopic (exact) mass is 367 g/mol. The van der Waals surface area contributed by atoms with E-state index in [9.17, 15) is 4.79 Å². The highest BCUT2D eigenvalue weighted by atomic mass is 79.9. The second-order valence-corrected chi connectivity index (χ2v) is 5.87. The maximum absolute atomic E-state index is 12.1. The van der Waals surface area contributed by atoms with Crippen molar-refractivity contribution in [2.75, 3.05) is 7.05 Å². The second-order valence-electron chi connectivity index (χ2n) is 4.61. The number of aromatic nitrogens is 2. The number of aryl methyl sites for hydroxylation is 1. The van der Waals surface area contributed by atoms with Crippen molar-refractivity contribution in [3.05, 3.63) is 57.3 Å². The summed E-state index contributed by atoms with van der Waals surface area (Å²) >= 11 is 9.47. The molecule has 1 heterocycles. The highest BCUT2D eigenvalue weighted by Gasteiger charge is 2.12. The molecule has 1 aromatic heterocycles. The molecule has 4 nitrogen and oxygen atoms in total. The SMILES string of the molecule is CN(Cc1c(Br)cnn1C)C(=O)/C=C/c1ccccc1Cl. The molecule has 0 aliphatic carbocycles. The Hall–Kier alpha value is -1.59. The first-order valence-electron chi connectivity index (χ1n) is 6.33. The van der Waals surface area contributed by atoms with E-state index in [2.05, 4.69) is 21.0 Å². The number of hydrogen-bond acceptors (Lipinski definition) is 2. The van der Waals surface area contributed by atoms with Crippen LogP contribution >= 0.6 is 27.5 Å². The van der Waals surface area contributed by atoms with E-state index in [-0.39, 0.29) is 5.91 Å². The van der Waals surface area contributed by atoms with Gasteiger partial charge in [0.1, 0.15) is 0 Å². The number of rotatable bonds is 4. The Labute approximate surface area is 137 Å². The molecule has 110 valence electrons. The van der Waals surface area contributed by atoms with Crippen LogP contribution in [0.25, 0.3) is 6.08 Å². The molecule has 2 aromatic rings. The van der Waals surface area contributed by atoms with E-state index in [1.54, 1.807) is 35.0 Å². The molecule has 21 heavy (non-hydrogen) atoms. The minimum atomic E-state index is -0.0944. The van der Waals surface area contributed by atoms with Gasteiger partial charge >= 0.3 is 0 Å². The minimum Gasteiger partial charge on any atom is -0.336 e. The van der Waals surface area contributed by atoms with Crippen molar-refractivity contribution in [2.45, 2.75) is 6.54 Å². The van der Waals surface area contributed by atoms with Crippen molar-refractivity contribution in [1.29, 1.82) is 0 Å². The molecule has 0 N–H and O–H groups in total. The first-order chi connectivity index (χ1) is 9.99. The summed E-state index contributed by atoms with van der Waals surface area (Å²) in [5, 5.41) is 4.75. The zero-order valence-corrected chi connectivity index (χ0v) is 14.1. The Morgan fingerprint density at radius 3 is 2.81 bits per heavy atom. The van der Waals surface area contributed by atoms with E-state index < -0.39 is 0 Å². The zero-order chi connectivity index (χ0) is 15.4. The van der Waals surface area contributed by atoms with Gasteiger partial charge in [-0.05, 0) is 33.6 Å². The van der Waals surface area contributed by atoms with Crippen molar-refractivity contribution in [3.63, 3.8) is 0 Å². The van der Waals surface area contributed by atoms with Gasteiger partial charge in [-0.2, -0.15) is 5.10 Å². The smallest absolute Gasteiger partial charge is 0.246 e.